The number of halogens is 1. The maximum Gasteiger partial charge on any atom is 0.340 e. The van der Waals surface area contributed by atoms with E-state index in [1.165, 1.54) is 16.7 Å². The van der Waals surface area contributed by atoms with E-state index in [2.05, 4.69) is 5.32 Å². The number of anilines is 1. The second-order valence-corrected chi connectivity index (χ2v) is 7.75. The van der Waals surface area contributed by atoms with Crippen LogP contribution < -0.4 is 10.9 Å². The molecule has 0 aliphatic carbocycles. The van der Waals surface area contributed by atoms with Gasteiger partial charge in [-0.15, -0.1) is 0 Å². The summed E-state index contributed by atoms with van der Waals surface area (Å²) in [7, 11) is 1.69. The topological polar surface area (TPSA) is 84.2 Å². The Labute approximate surface area is 184 Å². The Morgan fingerprint density at radius 1 is 1.12 bits per heavy atom. The predicted octanol–water partition coefficient (Wildman–Crippen LogP) is 4.92. The molecule has 4 aromatic rings. The van der Waals surface area contributed by atoms with Gasteiger partial charge in [-0.2, -0.15) is 0 Å². The fourth-order valence-electron chi connectivity index (χ4n) is 3.90. The van der Waals surface area contributed by atoms with E-state index < -0.39 is 23.4 Å². The molecule has 0 aliphatic heterocycles. The Kier molecular flexibility index (Phi) is 5.48. The third-order valence-corrected chi connectivity index (χ3v) is 5.45. The number of benzene rings is 3. The number of hydrogen-bond acceptors (Lipinski definition) is 4. The second kappa shape index (κ2) is 8.26. The number of aromatic carboxylic acids is 1. The van der Waals surface area contributed by atoms with Gasteiger partial charge < -0.3 is 10.4 Å². The van der Waals surface area contributed by atoms with Gasteiger partial charge in [-0.05, 0) is 37.6 Å². The maximum absolute atomic E-state index is 14.1. The van der Waals surface area contributed by atoms with Crippen molar-refractivity contribution in [3.05, 3.63) is 93.5 Å². The molecular formula is C25H22FN3O3. The maximum atomic E-state index is 14.1. The molecule has 0 aliphatic rings. The first-order chi connectivity index (χ1) is 15.3. The Bertz CT molecular complexity index is 1400. The van der Waals surface area contributed by atoms with Gasteiger partial charge in [0, 0.05) is 18.2 Å². The average Bonchev–Trinajstić information content (AvgIpc) is 2.76. The number of aromatic nitrogens is 2. The first-order valence-electron chi connectivity index (χ1n) is 10.1. The summed E-state index contributed by atoms with van der Waals surface area (Å²) in [5.74, 6) is -1.65. The second-order valence-electron chi connectivity index (χ2n) is 7.75. The van der Waals surface area contributed by atoms with Gasteiger partial charge in [0.25, 0.3) is 5.56 Å². The summed E-state index contributed by atoms with van der Waals surface area (Å²) >= 11 is 0. The molecule has 1 heterocycles. The monoisotopic (exact) mass is 431 g/mol. The van der Waals surface area contributed by atoms with Gasteiger partial charge >= 0.3 is 5.97 Å². The summed E-state index contributed by atoms with van der Waals surface area (Å²) < 4.78 is 15.7. The van der Waals surface area contributed by atoms with Crippen molar-refractivity contribution in [1.29, 1.82) is 0 Å². The first-order valence-corrected chi connectivity index (χ1v) is 10.1. The standard InChI is InChI=1S/C25H22FN3O3/c1-14-12-17(15(2)27-20-11-7-10-19(26)21(20)25(31)32)22-18(13-14)24(30)29(3)23(28-22)16-8-5-4-6-9-16/h4-13,15,27H,1-3H3,(H,31,32). The first kappa shape index (κ1) is 21.2. The molecule has 0 radical (unpaired) electrons. The molecule has 32 heavy (non-hydrogen) atoms. The molecule has 1 atom stereocenters. The van der Waals surface area contributed by atoms with Crippen molar-refractivity contribution in [3.63, 3.8) is 0 Å². The molecule has 4 rings (SSSR count). The fourth-order valence-corrected chi connectivity index (χ4v) is 3.90. The Balaban J connectivity index is 1.90. The molecule has 0 fully saturated rings. The number of nitrogens with zero attached hydrogens (tertiary/aromatic N) is 2. The zero-order valence-corrected chi connectivity index (χ0v) is 17.9. The number of carbonyl (C=O) groups is 1. The number of aryl methyl sites for hydroxylation is 1. The van der Waals surface area contributed by atoms with Crippen molar-refractivity contribution < 1.29 is 14.3 Å². The van der Waals surface area contributed by atoms with Crippen LogP contribution in [0.15, 0.2) is 65.5 Å². The van der Waals surface area contributed by atoms with Gasteiger partial charge in [-0.25, -0.2) is 14.2 Å². The van der Waals surface area contributed by atoms with E-state index in [1.807, 2.05) is 50.2 Å². The normalized spacial score (nSPS) is 12.0. The summed E-state index contributed by atoms with van der Waals surface area (Å²) in [5, 5.41) is 13.0. The van der Waals surface area contributed by atoms with Crippen LogP contribution in [0.3, 0.4) is 0 Å². The van der Waals surface area contributed by atoms with Crippen LogP contribution in [-0.4, -0.2) is 20.6 Å². The van der Waals surface area contributed by atoms with E-state index in [0.29, 0.717) is 16.7 Å². The van der Waals surface area contributed by atoms with Crippen LogP contribution >= 0.6 is 0 Å². The van der Waals surface area contributed by atoms with Crippen molar-refractivity contribution in [3.8, 4) is 11.4 Å². The van der Waals surface area contributed by atoms with Gasteiger partial charge in [0.15, 0.2) is 0 Å². The summed E-state index contributed by atoms with van der Waals surface area (Å²) in [5.41, 5.74) is 2.46. The fraction of sp³-hybridized carbons (Fsp3) is 0.160. The smallest absolute Gasteiger partial charge is 0.340 e. The molecule has 3 aromatic carbocycles. The van der Waals surface area contributed by atoms with Crippen molar-refractivity contribution in [2.75, 3.05) is 5.32 Å². The van der Waals surface area contributed by atoms with E-state index in [4.69, 9.17) is 4.98 Å². The van der Waals surface area contributed by atoms with E-state index in [9.17, 15) is 19.1 Å². The van der Waals surface area contributed by atoms with Crippen LogP contribution in [0.2, 0.25) is 0 Å². The quantitative estimate of drug-likeness (QED) is 0.469. The minimum absolute atomic E-state index is 0.159. The van der Waals surface area contributed by atoms with Gasteiger partial charge in [0.05, 0.1) is 22.6 Å². The van der Waals surface area contributed by atoms with Crippen molar-refractivity contribution in [2.24, 2.45) is 7.05 Å². The molecule has 2 N–H and O–H groups in total. The van der Waals surface area contributed by atoms with E-state index in [0.717, 1.165) is 22.8 Å². The number of rotatable bonds is 5. The molecule has 1 aromatic heterocycles. The highest BCUT2D eigenvalue weighted by Crippen LogP contribution is 2.29. The SMILES string of the molecule is Cc1cc(C(C)Nc2cccc(F)c2C(=O)O)c2nc(-c3ccccc3)n(C)c(=O)c2c1. The predicted molar refractivity (Wildman–Crippen MR) is 123 cm³/mol. The highest BCUT2D eigenvalue weighted by atomic mass is 19.1. The molecule has 6 nitrogen and oxygen atoms in total. The lowest BCUT2D eigenvalue weighted by atomic mass is 10.00. The average molecular weight is 431 g/mol. The molecule has 0 saturated carbocycles. The Hall–Kier alpha value is -4.00. The molecule has 162 valence electrons. The van der Waals surface area contributed by atoms with Crippen molar-refractivity contribution in [1.82, 2.24) is 9.55 Å². The lowest BCUT2D eigenvalue weighted by Gasteiger charge is -2.20. The summed E-state index contributed by atoms with van der Waals surface area (Å²) in [6, 6.07) is 16.7. The van der Waals surface area contributed by atoms with Crippen LogP contribution in [0.5, 0.6) is 0 Å². The van der Waals surface area contributed by atoms with Crippen LogP contribution in [-0.2, 0) is 7.05 Å². The number of fused-ring (bicyclic) bond motifs is 1. The molecule has 1 unspecified atom stereocenters. The van der Waals surface area contributed by atoms with Gasteiger partial charge in [0.2, 0.25) is 0 Å². The number of nitrogens with one attached hydrogen (secondary N) is 1. The van der Waals surface area contributed by atoms with Crippen molar-refractivity contribution >= 4 is 22.6 Å². The summed E-state index contributed by atoms with van der Waals surface area (Å²) in [4.78, 5) is 29.6. The Morgan fingerprint density at radius 3 is 2.53 bits per heavy atom. The van der Waals surface area contributed by atoms with E-state index in [1.54, 1.807) is 13.1 Å². The highest BCUT2D eigenvalue weighted by molar-refractivity contribution is 5.94. The summed E-state index contributed by atoms with van der Waals surface area (Å²) in [6.45, 7) is 3.71. The van der Waals surface area contributed by atoms with Crippen LogP contribution in [0.1, 0.15) is 34.5 Å². The zero-order chi connectivity index (χ0) is 23.0. The molecule has 0 amide bonds. The number of carboxylic acid groups (broad SMARTS) is 1. The van der Waals surface area contributed by atoms with Gasteiger partial charge in [-0.1, -0.05) is 42.5 Å². The van der Waals surface area contributed by atoms with E-state index in [-0.39, 0.29) is 11.2 Å². The minimum atomic E-state index is -1.36. The molecule has 0 saturated heterocycles. The lowest BCUT2D eigenvalue weighted by molar-refractivity contribution is 0.0693. The molecule has 7 heteroatoms. The Morgan fingerprint density at radius 2 is 1.84 bits per heavy atom. The van der Waals surface area contributed by atoms with Gasteiger partial charge in [0.1, 0.15) is 17.2 Å². The number of carboxylic acids is 1. The van der Waals surface area contributed by atoms with Gasteiger partial charge in [-0.3, -0.25) is 9.36 Å². The van der Waals surface area contributed by atoms with Crippen LogP contribution in [0, 0.1) is 12.7 Å². The van der Waals surface area contributed by atoms with Crippen LogP contribution in [0.4, 0.5) is 10.1 Å². The third kappa shape index (κ3) is 3.73. The molecule has 0 bridgehead atoms. The lowest BCUT2D eigenvalue weighted by Crippen LogP contribution is -2.22. The summed E-state index contributed by atoms with van der Waals surface area (Å²) in [6.07, 6.45) is 0. The van der Waals surface area contributed by atoms with Crippen LogP contribution in [0.25, 0.3) is 22.3 Å². The highest BCUT2D eigenvalue weighted by Gasteiger charge is 2.20. The third-order valence-electron chi connectivity index (χ3n) is 5.45. The van der Waals surface area contributed by atoms with Crippen molar-refractivity contribution in [2.45, 2.75) is 19.9 Å². The van der Waals surface area contributed by atoms with E-state index >= 15 is 0 Å². The molecule has 0 spiro atoms. The molecular weight excluding hydrogens is 409 g/mol. The zero-order valence-electron chi connectivity index (χ0n) is 17.9. The number of hydrogen-bond donors (Lipinski definition) is 2. The minimum Gasteiger partial charge on any atom is -0.478 e. The largest absolute Gasteiger partial charge is 0.478 e.